The summed E-state index contributed by atoms with van der Waals surface area (Å²) in [6, 6.07) is 14.2. The summed E-state index contributed by atoms with van der Waals surface area (Å²) in [5, 5.41) is 2.02. The average molecular weight is 427 g/mol. The summed E-state index contributed by atoms with van der Waals surface area (Å²) in [5.74, 6) is 0.0222. The minimum absolute atomic E-state index is 0.585. The van der Waals surface area contributed by atoms with Gasteiger partial charge >= 0.3 is 0 Å². The zero-order valence-electron chi connectivity index (χ0n) is 17.5. The Balaban J connectivity index is 1.63. The number of rotatable bonds is 4. The lowest BCUT2D eigenvalue weighted by Gasteiger charge is -2.30. The maximum absolute atomic E-state index is 6.38. The second-order valence-corrected chi connectivity index (χ2v) is 8.59. The van der Waals surface area contributed by atoms with E-state index in [-0.39, 0.29) is 0 Å². The second kappa shape index (κ2) is 7.89. The number of aromatic nitrogens is 1. The summed E-state index contributed by atoms with van der Waals surface area (Å²) < 4.78 is 20.3. The maximum atomic E-state index is 6.38. The smallest absolute Gasteiger partial charge is 0.213 e. The van der Waals surface area contributed by atoms with Crippen LogP contribution in [-0.4, -0.2) is 49.9 Å². The monoisotopic (exact) mass is 426 g/mol. The third kappa shape index (κ3) is 3.40. The molecule has 0 radical (unpaired) electrons. The highest BCUT2D eigenvalue weighted by Gasteiger charge is 2.40. The minimum atomic E-state index is -0.802. The molecule has 0 N–H and O–H groups in total. The van der Waals surface area contributed by atoms with Gasteiger partial charge in [-0.1, -0.05) is 11.6 Å². The molecule has 2 aliphatic rings. The molecule has 5 rings (SSSR count). The highest BCUT2D eigenvalue weighted by atomic mass is 35.5. The molecule has 2 aliphatic heterocycles. The Morgan fingerprint density at radius 3 is 2.50 bits per heavy atom. The van der Waals surface area contributed by atoms with Crippen molar-refractivity contribution in [3.8, 4) is 5.75 Å². The highest BCUT2D eigenvalue weighted by Crippen LogP contribution is 2.38. The summed E-state index contributed by atoms with van der Waals surface area (Å²) in [6.45, 7) is 3.87. The maximum Gasteiger partial charge on any atom is 0.213 e. The second-order valence-electron chi connectivity index (χ2n) is 8.15. The number of likely N-dealkylation sites (N-methyl/N-ethyl adjacent to an activating group) is 1. The van der Waals surface area contributed by atoms with Gasteiger partial charge in [0.15, 0.2) is 0 Å². The topological polar surface area (TPSA) is 35.9 Å². The third-order valence-corrected chi connectivity index (χ3v) is 6.61. The fourth-order valence-corrected chi connectivity index (χ4v) is 4.93. The largest absolute Gasteiger partial charge is 0.497 e. The zero-order valence-corrected chi connectivity index (χ0v) is 18.2. The van der Waals surface area contributed by atoms with Gasteiger partial charge in [-0.2, -0.15) is 0 Å². The molecule has 5 nitrogen and oxygen atoms in total. The van der Waals surface area contributed by atoms with E-state index in [0.29, 0.717) is 19.8 Å². The van der Waals surface area contributed by atoms with Crippen molar-refractivity contribution in [2.24, 2.45) is 0 Å². The third-order valence-electron chi connectivity index (χ3n) is 6.37. The minimum Gasteiger partial charge on any atom is -0.497 e. The Kier molecular flexibility index (Phi) is 5.23. The number of hydrogen-bond acceptors (Lipinski definition) is 4. The number of halogens is 1. The van der Waals surface area contributed by atoms with Gasteiger partial charge in [0.05, 0.1) is 26.9 Å². The van der Waals surface area contributed by atoms with Gasteiger partial charge in [-0.25, -0.2) is 0 Å². The first-order valence-corrected chi connectivity index (χ1v) is 10.9. The molecule has 0 unspecified atom stereocenters. The van der Waals surface area contributed by atoms with E-state index in [1.165, 1.54) is 22.2 Å². The van der Waals surface area contributed by atoms with E-state index in [1.807, 2.05) is 30.3 Å². The van der Waals surface area contributed by atoms with Crippen molar-refractivity contribution in [1.82, 2.24) is 9.47 Å². The summed E-state index contributed by atoms with van der Waals surface area (Å²) in [7, 11) is 3.87. The van der Waals surface area contributed by atoms with Crippen LogP contribution < -0.4 is 4.74 Å². The molecular formula is C24H27ClN2O3. The van der Waals surface area contributed by atoms with E-state index in [0.717, 1.165) is 42.3 Å². The molecule has 30 heavy (non-hydrogen) atoms. The Morgan fingerprint density at radius 2 is 1.77 bits per heavy atom. The molecule has 2 aromatic carbocycles. The molecule has 0 atom stereocenters. The van der Waals surface area contributed by atoms with Gasteiger partial charge in [0.1, 0.15) is 5.75 Å². The van der Waals surface area contributed by atoms with Crippen molar-refractivity contribution in [3.63, 3.8) is 0 Å². The van der Waals surface area contributed by atoms with Gasteiger partial charge in [0.2, 0.25) is 5.79 Å². The van der Waals surface area contributed by atoms with Crippen LogP contribution in [0.15, 0.2) is 42.5 Å². The number of fused-ring (bicyclic) bond motifs is 3. The SMILES string of the molecule is COc1ccc(C2(Cn3c4c(c5cc(Cl)ccc53)CCN(C)CC4)OCCO2)cc1. The van der Waals surface area contributed by atoms with Crippen molar-refractivity contribution in [2.75, 3.05) is 40.5 Å². The molecule has 3 heterocycles. The first kappa shape index (κ1) is 19.9. The van der Waals surface area contributed by atoms with Crippen LogP contribution in [0.25, 0.3) is 10.9 Å². The molecule has 0 amide bonds. The normalized spacial score (nSPS) is 19.0. The first-order valence-electron chi connectivity index (χ1n) is 10.5. The van der Waals surface area contributed by atoms with Crippen LogP contribution in [-0.2, 0) is 34.6 Å². The number of hydrogen-bond donors (Lipinski definition) is 0. The molecular weight excluding hydrogens is 400 g/mol. The van der Waals surface area contributed by atoms with Crippen molar-refractivity contribution >= 4 is 22.5 Å². The molecule has 1 saturated heterocycles. The Labute approximate surface area is 182 Å². The van der Waals surface area contributed by atoms with Crippen molar-refractivity contribution in [1.29, 1.82) is 0 Å². The van der Waals surface area contributed by atoms with E-state index in [4.69, 9.17) is 25.8 Å². The first-order chi connectivity index (χ1) is 14.6. The van der Waals surface area contributed by atoms with E-state index in [1.54, 1.807) is 7.11 Å². The van der Waals surface area contributed by atoms with Crippen LogP contribution in [0.2, 0.25) is 5.02 Å². The van der Waals surface area contributed by atoms with Crippen LogP contribution in [0.1, 0.15) is 16.8 Å². The van der Waals surface area contributed by atoms with Gasteiger partial charge in [0.25, 0.3) is 0 Å². The number of nitrogens with zero attached hydrogens (tertiary/aromatic N) is 2. The molecule has 6 heteroatoms. The predicted molar refractivity (Wildman–Crippen MR) is 118 cm³/mol. The van der Waals surface area contributed by atoms with Gasteiger partial charge in [-0.05, 0) is 61.5 Å². The molecule has 0 spiro atoms. The lowest BCUT2D eigenvalue weighted by atomic mass is 10.0. The predicted octanol–water partition coefficient (Wildman–Crippen LogP) is 4.23. The van der Waals surface area contributed by atoms with Crippen molar-refractivity contribution < 1.29 is 14.2 Å². The highest BCUT2D eigenvalue weighted by molar-refractivity contribution is 6.31. The number of benzene rings is 2. The molecule has 0 saturated carbocycles. The standard InChI is InChI=1S/C24H27ClN2O3/c1-26-11-9-20-21-15-18(25)5-8-22(21)27(23(20)10-12-26)16-24(29-13-14-30-24)17-3-6-19(28-2)7-4-17/h3-8,15H,9-14,16H2,1-2H3. The number of methoxy groups -OCH3 is 1. The average Bonchev–Trinajstić information content (AvgIpc) is 3.28. The van der Waals surface area contributed by atoms with E-state index in [2.05, 4.69) is 28.6 Å². The molecule has 3 aromatic rings. The molecule has 158 valence electrons. The van der Waals surface area contributed by atoms with Gasteiger partial charge < -0.3 is 23.7 Å². The lowest BCUT2D eigenvalue weighted by Crippen LogP contribution is -2.33. The van der Waals surface area contributed by atoms with Crippen molar-refractivity contribution in [2.45, 2.75) is 25.2 Å². The van der Waals surface area contributed by atoms with Crippen LogP contribution in [0, 0.1) is 0 Å². The Morgan fingerprint density at radius 1 is 1.03 bits per heavy atom. The van der Waals surface area contributed by atoms with E-state index >= 15 is 0 Å². The van der Waals surface area contributed by atoms with Crippen molar-refractivity contribution in [3.05, 3.63) is 64.3 Å². The summed E-state index contributed by atoms with van der Waals surface area (Å²) >= 11 is 6.38. The van der Waals surface area contributed by atoms with Crippen LogP contribution in [0.4, 0.5) is 0 Å². The molecule has 0 aliphatic carbocycles. The van der Waals surface area contributed by atoms with Crippen LogP contribution >= 0.6 is 11.6 Å². The van der Waals surface area contributed by atoms with Crippen LogP contribution in [0.5, 0.6) is 5.75 Å². The van der Waals surface area contributed by atoms with Gasteiger partial charge in [-0.15, -0.1) is 0 Å². The quantitative estimate of drug-likeness (QED) is 0.625. The Bertz CT molecular complexity index is 1050. The lowest BCUT2D eigenvalue weighted by molar-refractivity contribution is -0.175. The van der Waals surface area contributed by atoms with Crippen LogP contribution in [0.3, 0.4) is 0 Å². The molecule has 1 aromatic heterocycles. The zero-order chi connectivity index (χ0) is 20.7. The summed E-state index contributed by atoms with van der Waals surface area (Å²) in [5.41, 5.74) is 4.97. The summed E-state index contributed by atoms with van der Waals surface area (Å²) in [6.07, 6.45) is 2.02. The fraction of sp³-hybridized carbons (Fsp3) is 0.417. The fourth-order valence-electron chi connectivity index (χ4n) is 4.76. The number of ether oxygens (including phenoxy) is 3. The Hall–Kier alpha value is -2.05. The molecule has 1 fully saturated rings. The van der Waals surface area contributed by atoms with Gasteiger partial charge in [-0.3, -0.25) is 0 Å². The summed E-state index contributed by atoms with van der Waals surface area (Å²) in [4.78, 5) is 2.39. The van der Waals surface area contributed by atoms with E-state index in [9.17, 15) is 0 Å². The van der Waals surface area contributed by atoms with E-state index < -0.39 is 5.79 Å². The van der Waals surface area contributed by atoms with Gasteiger partial charge in [0, 0.05) is 46.7 Å². The molecule has 0 bridgehead atoms.